The maximum Gasteiger partial charge on any atom is 0.409 e. The van der Waals surface area contributed by atoms with Gasteiger partial charge in [0, 0.05) is 39.1 Å². The molecule has 3 rings (SSSR count). The van der Waals surface area contributed by atoms with Gasteiger partial charge in [-0.15, -0.1) is 0 Å². The Balaban J connectivity index is 1.53. The Morgan fingerprint density at radius 3 is 2.00 bits per heavy atom. The molecule has 4 amide bonds. The molecule has 0 saturated carbocycles. The van der Waals surface area contributed by atoms with E-state index in [2.05, 4.69) is 4.74 Å². The van der Waals surface area contributed by atoms with Crippen molar-refractivity contribution in [3.05, 3.63) is 35.4 Å². The minimum absolute atomic E-state index is 0.0579. The zero-order valence-electron chi connectivity index (χ0n) is 13.9. The SMILES string of the molecule is COC(=O)N1CCN(C(=O)CCN2C(=O)c3ccccc3C2=O)CC1. The summed E-state index contributed by atoms with van der Waals surface area (Å²) in [6, 6.07) is 6.64. The Morgan fingerprint density at radius 1 is 0.960 bits per heavy atom. The Labute approximate surface area is 144 Å². The van der Waals surface area contributed by atoms with Gasteiger partial charge in [-0.25, -0.2) is 4.79 Å². The maximum atomic E-state index is 12.3. The quantitative estimate of drug-likeness (QED) is 0.748. The molecule has 0 aliphatic carbocycles. The fourth-order valence-corrected chi connectivity index (χ4v) is 3.08. The number of fused-ring (bicyclic) bond motifs is 1. The average Bonchev–Trinajstić information content (AvgIpc) is 2.90. The molecule has 25 heavy (non-hydrogen) atoms. The molecule has 1 aromatic rings. The highest BCUT2D eigenvalue weighted by atomic mass is 16.5. The summed E-state index contributed by atoms with van der Waals surface area (Å²) in [5.74, 6) is -0.853. The van der Waals surface area contributed by atoms with Crippen molar-refractivity contribution in [1.82, 2.24) is 14.7 Å². The normalized spacial score (nSPS) is 16.9. The monoisotopic (exact) mass is 345 g/mol. The predicted molar refractivity (Wildman–Crippen MR) is 87.0 cm³/mol. The first kappa shape index (κ1) is 16.9. The summed E-state index contributed by atoms with van der Waals surface area (Å²) < 4.78 is 4.66. The van der Waals surface area contributed by atoms with Gasteiger partial charge in [-0.05, 0) is 12.1 Å². The Bertz CT molecular complexity index is 690. The fraction of sp³-hybridized carbons (Fsp3) is 0.412. The van der Waals surface area contributed by atoms with E-state index >= 15 is 0 Å². The van der Waals surface area contributed by atoms with Crippen molar-refractivity contribution in [2.75, 3.05) is 39.8 Å². The molecule has 1 aromatic carbocycles. The standard InChI is InChI=1S/C17H19N3O5/c1-25-17(24)19-10-8-18(9-11-19)14(21)6-7-20-15(22)12-4-2-3-5-13(12)16(20)23/h2-5H,6-11H2,1H3. The maximum absolute atomic E-state index is 12.3. The van der Waals surface area contributed by atoms with Crippen LogP contribution >= 0.6 is 0 Å². The minimum Gasteiger partial charge on any atom is -0.453 e. The molecule has 0 aromatic heterocycles. The molecule has 1 saturated heterocycles. The van der Waals surface area contributed by atoms with E-state index in [0.29, 0.717) is 37.3 Å². The third-order valence-electron chi connectivity index (χ3n) is 4.49. The number of methoxy groups -OCH3 is 1. The number of carbonyl (C=O) groups excluding carboxylic acids is 4. The lowest BCUT2D eigenvalue weighted by atomic mass is 10.1. The van der Waals surface area contributed by atoms with Gasteiger partial charge in [0.1, 0.15) is 0 Å². The molecule has 0 atom stereocenters. The van der Waals surface area contributed by atoms with Gasteiger partial charge < -0.3 is 14.5 Å². The first-order chi connectivity index (χ1) is 12.0. The summed E-state index contributed by atoms with van der Waals surface area (Å²) in [6.45, 7) is 1.70. The molecular formula is C17H19N3O5. The molecule has 0 N–H and O–H groups in total. The second kappa shape index (κ2) is 6.92. The first-order valence-corrected chi connectivity index (χ1v) is 8.09. The van der Waals surface area contributed by atoms with Crippen molar-refractivity contribution < 1.29 is 23.9 Å². The van der Waals surface area contributed by atoms with Crippen LogP contribution in [0.5, 0.6) is 0 Å². The molecule has 2 aliphatic heterocycles. The summed E-state index contributed by atoms with van der Waals surface area (Å²) in [5.41, 5.74) is 0.762. The second-order valence-electron chi connectivity index (χ2n) is 5.90. The number of benzene rings is 1. The second-order valence-corrected chi connectivity index (χ2v) is 5.90. The molecule has 0 bridgehead atoms. The number of imide groups is 1. The van der Waals surface area contributed by atoms with Crippen LogP contribution in [0, 0.1) is 0 Å². The summed E-state index contributed by atoms with van der Waals surface area (Å²) in [5, 5.41) is 0. The van der Waals surface area contributed by atoms with E-state index in [9.17, 15) is 19.2 Å². The van der Waals surface area contributed by atoms with Crippen molar-refractivity contribution in [2.45, 2.75) is 6.42 Å². The number of hydrogen-bond acceptors (Lipinski definition) is 5. The van der Waals surface area contributed by atoms with E-state index < -0.39 is 6.09 Å². The third-order valence-corrected chi connectivity index (χ3v) is 4.49. The number of ether oxygens (including phenoxy) is 1. The molecule has 1 fully saturated rings. The molecule has 8 nitrogen and oxygen atoms in total. The predicted octanol–water partition coefficient (Wildman–Crippen LogP) is 0.583. The molecule has 2 heterocycles. The zero-order valence-corrected chi connectivity index (χ0v) is 13.9. The molecule has 132 valence electrons. The lowest BCUT2D eigenvalue weighted by molar-refractivity contribution is -0.132. The van der Waals surface area contributed by atoms with Crippen molar-refractivity contribution in [3.63, 3.8) is 0 Å². The number of carbonyl (C=O) groups is 4. The van der Waals surface area contributed by atoms with Crippen molar-refractivity contribution in [2.24, 2.45) is 0 Å². The van der Waals surface area contributed by atoms with Crippen LogP contribution in [-0.2, 0) is 9.53 Å². The Hall–Kier alpha value is -2.90. The molecule has 0 radical (unpaired) electrons. The van der Waals surface area contributed by atoms with Crippen LogP contribution in [-0.4, -0.2) is 78.3 Å². The van der Waals surface area contributed by atoms with Crippen molar-refractivity contribution in [1.29, 1.82) is 0 Å². The smallest absolute Gasteiger partial charge is 0.409 e. The largest absolute Gasteiger partial charge is 0.453 e. The van der Waals surface area contributed by atoms with E-state index in [1.807, 2.05) is 0 Å². The number of amides is 4. The van der Waals surface area contributed by atoms with Crippen LogP contribution in [0.15, 0.2) is 24.3 Å². The van der Waals surface area contributed by atoms with Crippen molar-refractivity contribution >= 4 is 23.8 Å². The fourth-order valence-electron chi connectivity index (χ4n) is 3.08. The van der Waals surface area contributed by atoms with Gasteiger partial charge in [-0.1, -0.05) is 12.1 Å². The lowest BCUT2D eigenvalue weighted by Gasteiger charge is -2.34. The minimum atomic E-state index is -0.405. The van der Waals surface area contributed by atoms with Crippen LogP contribution in [0.4, 0.5) is 4.79 Å². The summed E-state index contributed by atoms with van der Waals surface area (Å²) >= 11 is 0. The highest BCUT2D eigenvalue weighted by Crippen LogP contribution is 2.22. The highest BCUT2D eigenvalue weighted by molar-refractivity contribution is 6.21. The Morgan fingerprint density at radius 2 is 1.48 bits per heavy atom. The number of piperazine rings is 1. The zero-order chi connectivity index (χ0) is 18.0. The van der Waals surface area contributed by atoms with E-state index in [1.165, 1.54) is 12.0 Å². The summed E-state index contributed by atoms with van der Waals surface area (Å²) in [4.78, 5) is 52.6. The lowest BCUT2D eigenvalue weighted by Crippen LogP contribution is -2.51. The summed E-state index contributed by atoms with van der Waals surface area (Å²) in [7, 11) is 1.32. The van der Waals surface area contributed by atoms with Crippen LogP contribution < -0.4 is 0 Å². The van der Waals surface area contributed by atoms with Crippen molar-refractivity contribution in [3.8, 4) is 0 Å². The average molecular weight is 345 g/mol. The van der Waals surface area contributed by atoms with Gasteiger partial charge in [0.05, 0.1) is 18.2 Å². The van der Waals surface area contributed by atoms with Gasteiger partial charge in [0.25, 0.3) is 11.8 Å². The van der Waals surface area contributed by atoms with Gasteiger partial charge in [-0.2, -0.15) is 0 Å². The highest BCUT2D eigenvalue weighted by Gasteiger charge is 2.35. The number of rotatable bonds is 3. The van der Waals surface area contributed by atoms with Gasteiger partial charge in [0.2, 0.25) is 5.91 Å². The van der Waals surface area contributed by atoms with Crippen LogP contribution in [0.2, 0.25) is 0 Å². The molecule has 0 unspecified atom stereocenters. The molecular weight excluding hydrogens is 326 g/mol. The molecule has 0 spiro atoms. The molecule has 2 aliphatic rings. The van der Waals surface area contributed by atoms with Crippen LogP contribution in [0.1, 0.15) is 27.1 Å². The van der Waals surface area contributed by atoms with Crippen LogP contribution in [0.3, 0.4) is 0 Å². The van der Waals surface area contributed by atoms with E-state index in [-0.39, 0.29) is 30.7 Å². The third kappa shape index (κ3) is 3.19. The molecule has 8 heteroatoms. The van der Waals surface area contributed by atoms with Crippen LogP contribution in [0.25, 0.3) is 0 Å². The first-order valence-electron chi connectivity index (χ1n) is 8.09. The Kier molecular flexibility index (Phi) is 4.69. The van der Waals surface area contributed by atoms with Gasteiger partial charge in [-0.3, -0.25) is 19.3 Å². The van der Waals surface area contributed by atoms with E-state index in [0.717, 1.165) is 4.90 Å². The number of hydrogen-bond donors (Lipinski definition) is 0. The summed E-state index contributed by atoms with van der Waals surface area (Å²) in [6.07, 6.45) is -0.331. The van der Waals surface area contributed by atoms with Gasteiger partial charge in [0.15, 0.2) is 0 Å². The number of nitrogens with zero attached hydrogens (tertiary/aromatic N) is 3. The van der Waals surface area contributed by atoms with E-state index in [4.69, 9.17) is 0 Å². The van der Waals surface area contributed by atoms with E-state index in [1.54, 1.807) is 29.2 Å². The topological polar surface area (TPSA) is 87.2 Å². The van der Waals surface area contributed by atoms with Gasteiger partial charge >= 0.3 is 6.09 Å².